The number of ether oxygens (including phenoxy) is 2. The number of benzene rings is 1. The van der Waals surface area contributed by atoms with Crippen LogP contribution >= 0.6 is 11.3 Å². The summed E-state index contributed by atoms with van der Waals surface area (Å²) in [5.41, 5.74) is 1.08. The summed E-state index contributed by atoms with van der Waals surface area (Å²) in [5, 5.41) is 4.51. The number of thiophene rings is 1. The fourth-order valence-electron chi connectivity index (χ4n) is 2.79. The van der Waals surface area contributed by atoms with Gasteiger partial charge in [0.2, 0.25) is 0 Å². The van der Waals surface area contributed by atoms with E-state index in [-0.39, 0.29) is 0 Å². The molecule has 0 unspecified atom stereocenters. The van der Waals surface area contributed by atoms with Crippen molar-refractivity contribution in [3.05, 3.63) is 41.0 Å². The molecule has 3 heterocycles. The van der Waals surface area contributed by atoms with E-state index in [2.05, 4.69) is 34.3 Å². The standard InChI is InChI=1S/C18H19N3O2S/c1-2-13-9-14-17(20-11-21-18(14)24-13)19-10-12-5-3-6-15-16(12)23-8-4-7-22-15/h3,5-6,9,11H,2,4,7-8,10H2,1H3,(H,19,20,21). The quantitative estimate of drug-likeness (QED) is 0.776. The van der Waals surface area contributed by atoms with E-state index >= 15 is 0 Å². The Hall–Kier alpha value is -2.34. The normalized spacial score (nSPS) is 13.7. The zero-order valence-corrected chi connectivity index (χ0v) is 14.4. The van der Waals surface area contributed by atoms with Crippen molar-refractivity contribution in [1.82, 2.24) is 9.97 Å². The average molecular weight is 341 g/mol. The molecule has 1 aliphatic rings. The van der Waals surface area contributed by atoms with Gasteiger partial charge in [0.05, 0.1) is 18.6 Å². The van der Waals surface area contributed by atoms with Gasteiger partial charge in [0.1, 0.15) is 17.0 Å². The van der Waals surface area contributed by atoms with Crippen LogP contribution in [-0.2, 0) is 13.0 Å². The molecular weight excluding hydrogens is 322 g/mol. The number of rotatable bonds is 4. The molecule has 1 N–H and O–H groups in total. The van der Waals surface area contributed by atoms with Crippen LogP contribution in [0.5, 0.6) is 11.5 Å². The van der Waals surface area contributed by atoms with E-state index in [0.29, 0.717) is 19.8 Å². The van der Waals surface area contributed by atoms with Gasteiger partial charge in [-0.05, 0) is 18.6 Å². The molecular formula is C18H19N3O2S. The Morgan fingerprint density at radius 1 is 1.21 bits per heavy atom. The molecule has 0 atom stereocenters. The van der Waals surface area contributed by atoms with Crippen molar-refractivity contribution in [2.45, 2.75) is 26.3 Å². The Bertz CT molecular complexity index is 863. The molecule has 1 aliphatic heterocycles. The zero-order valence-electron chi connectivity index (χ0n) is 13.5. The van der Waals surface area contributed by atoms with Crippen molar-refractivity contribution >= 4 is 27.4 Å². The van der Waals surface area contributed by atoms with Crippen LogP contribution in [0.25, 0.3) is 10.2 Å². The van der Waals surface area contributed by atoms with Gasteiger partial charge in [-0.1, -0.05) is 19.1 Å². The molecule has 0 saturated heterocycles. The Balaban J connectivity index is 1.61. The number of nitrogens with one attached hydrogen (secondary N) is 1. The maximum absolute atomic E-state index is 5.88. The minimum absolute atomic E-state index is 0.635. The third-order valence-corrected chi connectivity index (χ3v) is 5.22. The highest BCUT2D eigenvalue weighted by Crippen LogP contribution is 2.34. The third kappa shape index (κ3) is 2.89. The summed E-state index contributed by atoms with van der Waals surface area (Å²) in [6.07, 6.45) is 3.53. The highest BCUT2D eigenvalue weighted by molar-refractivity contribution is 7.18. The summed E-state index contributed by atoms with van der Waals surface area (Å²) in [6, 6.07) is 8.19. The molecule has 0 saturated carbocycles. The molecule has 3 aromatic rings. The van der Waals surface area contributed by atoms with Gasteiger partial charge < -0.3 is 14.8 Å². The SMILES string of the molecule is CCc1cc2c(NCc3cccc4c3OCCCO4)ncnc2s1. The van der Waals surface area contributed by atoms with E-state index in [1.807, 2.05) is 12.1 Å². The largest absolute Gasteiger partial charge is 0.490 e. The summed E-state index contributed by atoms with van der Waals surface area (Å²) in [7, 11) is 0. The lowest BCUT2D eigenvalue weighted by molar-refractivity contribution is 0.296. The van der Waals surface area contributed by atoms with Crippen LogP contribution in [0.4, 0.5) is 5.82 Å². The minimum atomic E-state index is 0.635. The Morgan fingerprint density at radius 2 is 2.12 bits per heavy atom. The Morgan fingerprint density at radius 3 is 3.04 bits per heavy atom. The number of fused-ring (bicyclic) bond motifs is 2. The molecule has 0 spiro atoms. The first-order chi connectivity index (χ1) is 11.8. The topological polar surface area (TPSA) is 56.3 Å². The smallest absolute Gasteiger partial charge is 0.166 e. The van der Waals surface area contributed by atoms with Crippen molar-refractivity contribution in [2.75, 3.05) is 18.5 Å². The number of hydrogen-bond acceptors (Lipinski definition) is 6. The van der Waals surface area contributed by atoms with Gasteiger partial charge in [0.25, 0.3) is 0 Å². The van der Waals surface area contributed by atoms with Crippen molar-refractivity contribution in [3.63, 3.8) is 0 Å². The molecule has 0 bridgehead atoms. The van der Waals surface area contributed by atoms with Gasteiger partial charge in [-0.15, -0.1) is 11.3 Å². The summed E-state index contributed by atoms with van der Waals surface area (Å²) in [5.74, 6) is 2.53. The van der Waals surface area contributed by atoms with Crippen molar-refractivity contribution < 1.29 is 9.47 Å². The maximum atomic E-state index is 5.88. The second-order valence-corrected chi connectivity index (χ2v) is 6.77. The van der Waals surface area contributed by atoms with Crippen LogP contribution in [0.3, 0.4) is 0 Å². The van der Waals surface area contributed by atoms with E-state index in [0.717, 1.165) is 45.9 Å². The van der Waals surface area contributed by atoms with Crippen molar-refractivity contribution in [1.29, 1.82) is 0 Å². The van der Waals surface area contributed by atoms with Gasteiger partial charge in [-0.25, -0.2) is 9.97 Å². The van der Waals surface area contributed by atoms with E-state index < -0.39 is 0 Å². The first-order valence-electron chi connectivity index (χ1n) is 8.20. The summed E-state index contributed by atoms with van der Waals surface area (Å²) < 4.78 is 11.6. The number of aromatic nitrogens is 2. The molecule has 124 valence electrons. The zero-order chi connectivity index (χ0) is 16.4. The van der Waals surface area contributed by atoms with E-state index in [9.17, 15) is 0 Å². The van der Waals surface area contributed by atoms with Gasteiger partial charge in [0.15, 0.2) is 11.5 Å². The molecule has 0 aliphatic carbocycles. The van der Waals surface area contributed by atoms with Gasteiger partial charge >= 0.3 is 0 Å². The van der Waals surface area contributed by atoms with Gasteiger partial charge in [0, 0.05) is 23.4 Å². The highest BCUT2D eigenvalue weighted by Gasteiger charge is 2.15. The van der Waals surface area contributed by atoms with Crippen LogP contribution in [0.15, 0.2) is 30.6 Å². The fourth-order valence-corrected chi connectivity index (χ4v) is 3.73. The summed E-state index contributed by atoms with van der Waals surface area (Å²) in [4.78, 5) is 11.1. The lowest BCUT2D eigenvalue weighted by atomic mass is 10.2. The molecule has 0 radical (unpaired) electrons. The van der Waals surface area contributed by atoms with E-state index in [1.54, 1.807) is 17.7 Å². The molecule has 2 aromatic heterocycles. The van der Waals surface area contributed by atoms with E-state index in [1.165, 1.54) is 4.88 Å². The predicted molar refractivity (Wildman–Crippen MR) is 96.2 cm³/mol. The predicted octanol–water partition coefficient (Wildman–Crippen LogP) is 4.03. The maximum Gasteiger partial charge on any atom is 0.166 e. The van der Waals surface area contributed by atoms with Crippen molar-refractivity contribution in [2.24, 2.45) is 0 Å². The van der Waals surface area contributed by atoms with E-state index in [4.69, 9.17) is 9.47 Å². The molecule has 1 aromatic carbocycles. The van der Waals surface area contributed by atoms with Crippen LogP contribution in [0.1, 0.15) is 23.8 Å². The lowest BCUT2D eigenvalue weighted by Crippen LogP contribution is -2.05. The lowest BCUT2D eigenvalue weighted by Gasteiger charge is -2.13. The fraction of sp³-hybridized carbons (Fsp3) is 0.333. The molecule has 5 nitrogen and oxygen atoms in total. The highest BCUT2D eigenvalue weighted by atomic mass is 32.1. The number of nitrogens with zero attached hydrogens (tertiary/aromatic N) is 2. The number of anilines is 1. The number of aryl methyl sites for hydroxylation is 1. The monoisotopic (exact) mass is 341 g/mol. The summed E-state index contributed by atoms with van der Waals surface area (Å²) in [6.45, 7) is 4.18. The van der Waals surface area contributed by atoms with Gasteiger partial charge in [-0.3, -0.25) is 0 Å². The number of para-hydroxylation sites is 1. The van der Waals surface area contributed by atoms with Crippen LogP contribution in [0, 0.1) is 0 Å². The number of hydrogen-bond donors (Lipinski definition) is 1. The third-order valence-electron chi connectivity index (χ3n) is 4.03. The van der Waals surface area contributed by atoms with Crippen LogP contribution < -0.4 is 14.8 Å². The molecule has 0 amide bonds. The Labute approximate surface area is 144 Å². The van der Waals surface area contributed by atoms with Gasteiger partial charge in [-0.2, -0.15) is 0 Å². The van der Waals surface area contributed by atoms with Crippen molar-refractivity contribution in [3.8, 4) is 11.5 Å². The molecule has 24 heavy (non-hydrogen) atoms. The molecule has 6 heteroatoms. The molecule has 0 fully saturated rings. The average Bonchev–Trinajstić information content (AvgIpc) is 2.89. The van der Waals surface area contributed by atoms with Crippen LogP contribution in [0.2, 0.25) is 0 Å². The molecule has 4 rings (SSSR count). The second-order valence-electron chi connectivity index (χ2n) is 5.66. The van der Waals surface area contributed by atoms with Crippen LogP contribution in [-0.4, -0.2) is 23.2 Å². The first kappa shape index (κ1) is 15.2. The second kappa shape index (κ2) is 6.65. The Kier molecular flexibility index (Phi) is 4.21. The first-order valence-corrected chi connectivity index (χ1v) is 9.01. The minimum Gasteiger partial charge on any atom is -0.490 e. The summed E-state index contributed by atoms with van der Waals surface area (Å²) >= 11 is 1.72.